The van der Waals surface area contributed by atoms with E-state index in [1.165, 1.54) is 61.4 Å². The molecule has 0 saturated heterocycles. The van der Waals surface area contributed by atoms with Crippen LogP contribution >= 0.6 is 0 Å². The zero-order valence-electron chi connectivity index (χ0n) is 12.6. The molecule has 2 heteroatoms. The summed E-state index contributed by atoms with van der Waals surface area (Å²) in [6, 6.07) is 9.55. The second kappa shape index (κ2) is 5.76. The second-order valence-corrected chi connectivity index (χ2v) is 6.78. The van der Waals surface area contributed by atoms with Crippen LogP contribution in [0.25, 0.3) is 10.8 Å². The van der Waals surface area contributed by atoms with Crippen molar-refractivity contribution in [3.8, 4) is 0 Å². The van der Waals surface area contributed by atoms with Gasteiger partial charge in [-0.25, -0.2) is 0 Å². The van der Waals surface area contributed by atoms with Crippen molar-refractivity contribution >= 4 is 10.8 Å². The van der Waals surface area contributed by atoms with Crippen molar-refractivity contribution in [1.29, 1.82) is 0 Å². The zero-order chi connectivity index (χ0) is 14.1. The largest absolute Gasteiger partial charge is 0.314 e. The number of pyridine rings is 1. The Morgan fingerprint density at radius 3 is 2.76 bits per heavy atom. The summed E-state index contributed by atoms with van der Waals surface area (Å²) in [6.07, 6.45) is 12.3. The Hall–Kier alpha value is -1.41. The summed E-state index contributed by atoms with van der Waals surface area (Å²) in [5, 5.41) is 6.45. The molecule has 2 aromatic rings. The summed E-state index contributed by atoms with van der Waals surface area (Å²) in [6.45, 7) is 1.19. The molecule has 2 aliphatic carbocycles. The molecule has 2 atom stereocenters. The SMILES string of the molecule is c1ccc2c(C3CCCCC3CNC3CC3)cncc2c1. The molecular weight excluding hydrogens is 256 g/mol. The fourth-order valence-corrected chi connectivity index (χ4v) is 3.90. The van der Waals surface area contributed by atoms with E-state index in [1.54, 1.807) is 0 Å². The van der Waals surface area contributed by atoms with Gasteiger partial charge in [-0.15, -0.1) is 0 Å². The first-order valence-electron chi connectivity index (χ1n) is 8.48. The quantitative estimate of drug-likeness (QED) is 0.905. The van der Waals surface area contributed by atoms with Crippen molar-refractivity contribution < 1.29 is 0 Å². The predicted octanol–water partition coefficient (Wildman–Crippen LogP) is 4.26. The molecule has 2 nitrogen and oxygen atoms in total. The van der Waals surface area contributed by atoms with Gasteiger partial charge in [-0.05, 0) is 55.0 Å². The summed E-state index contributed by atoms with van der Waals surface area (Å²) in [7, 11) is 0. The molecule has 0 radical (unpaired) electrons. The normalized spacial score (nSPS) is 26.1. The van der Waals surface area contributed by atoms with Crippen LogP contribution in [0.2, 0.25) is 0 Å². The van der Waals surface area contributed by atoms with Gasteiger partial charge in [0, 0.05) is 23.8 Å². The van der Waals surface area contributed by atoms with Gasteiger partial charge in [-0.3, -0.25) is 4.98 Å². The van der Waals surface area contributed by atoms with E-state index in [0.29, 0.717) is 5.92 Å². The van der Waals surface area contributed by atoms with E-state index < -0.39 is 0 Å². The Labute approximate surface area is 127 Å². The summed E-state index contributed by atoms with van der Waals surface area (Å²) < 4.78 is 0. The highest BCUT2D eigenvalue weighted by Gasteiger charge is 2.29. The molecule has 2 unspecified atom stereocenters. The van der Waals surface area contributed by atoms with Crippen LogP contribution in [0.1, 0.15) is 50.0 Å². The second-order valence-electron chi connectivity index (χ2n) is 6.78. The van der Waals surface area contributed by atoms with E-state index in [-0.39, 0.29) is 0 Å². The zero-order valence-corrected chi connectivity index (χ0v) is 12.6. The van der Waals surface area contributed by atoms with Crippen LogP contribution in [0.15, 0.2) is 36.7 Å². The van der Waals surface area contributed by atoms with Crippen LogP contribution in [-0.4, -0.2) is 17.6 Å². The Morgan fingerprint density at radius 1 is 1.00 bits per heavy atom. The van der Waals surface area contributed by atoms with Gasteiger partial charge in [-0.2, -0.15) is 0 Å². The van der Waals surface area contributed by atoms with E-state index in [9.17, 15) is 0 Å². The maximum Gasteiger partial charge on any atom is 0.0346 e. The smallest absolute Gasteiger partial charge is 0.0346 e. The van der Waals surface area contributed by atoms with Gasteiger partial charge in [0.2, 0.25) is 0 Å². The van der Waals surface area contributed by atoms with E-state index >= 15 is 0 Å². The third kappa shape index (κ3) is 2.82. The molecule has 4 rings (SSSR count). The maximum absolute atomic E-state index is 4.51. The van der Waals surface area contributed by atoms with Gasteiger partial charge in [0.05, 0.1) is 0 Å². The standard InChI is InChI=1S/C19H24N2/c1-3-7-17-14(5-1)11-20-13-19(17)18-8-4-2-6-15(18)12-21-16-9-10-16/h1,3,5,7,11,13,15-16,18,21H,2,4,6,8-10,12H2. The molecular formula is C19H24N2. The third-order valence-corrected chi connectivity index (χ3v) is 5.25. The molecule has 1 aromatic heterocycles. The first-order valence-corrected chi connectivity index (χ1v) is 8.48. The minimum Gasteiger partial charge on any atom is -0.314 e. The van der Waals surface area contributed by atoms with Crippen molar-refractivity contribution in [2.24, 2.45) is 5.92 Å². The topological polar surface area (TPSA) is 24.9 Å². The number of nitrogens with zero attached hydrogens (tertiary/aromatic N) is 1. The monoisotopic (exact) mass is 280 g/mol. The van der Waals surface area contributed by atoms with Crippen LogP contribution in [-0.2, 0) is 0 Å². The Kier molecular flexibility index (Phi) is 3.64. The molecule has 2 fully saturated rings. The lowest BCUT2D eigenvalue weighted by Gasteiger charge is -2.32. The van der Waals surface area contributed by atoms with Gasteiger partial charge < -0.3 is 5.32 Å². The Morgan fingerprint density at radius 2 is 1.86 bits per heavy atom. The predicted molar refractivity (Wildman–Crippen MR) is 87.5 cm³/mol. The van der Waals surface area contributed by atoms with Crippen molar-refractivity contribution in [2.45, 2.75) is 50.5 Å². The lowest BCUT2D eigenvalue weighted by atomic mass is 9.75. The molecule has 1 aromatic carbocycles. The van der Waals surface area contributed by atoms with Gasteiger partial charge >= 0.3 is 0 Å². The van der Waals surface area contributed by atoms with E-state index in [2.05, 4.69) is 40.8 Å². The van der Waals surface area contributed by atoms with Gasteiger partial charge in [0.25, 0.3) is 0 Å². The van der Waals surface area contributed by atoms with E-state index in [4.69, 9.17) is 0 Å². The lowest BCUT2D eigenvalue weighted by Crippen LogP contribution is -2.30. The highest BCUT2D eigenvalue weighted by molar-refractivity contribution is 5.85. The summed E-state index contributed by atoms with van der Waals surface area (Å²) >= 11 is 0. The van der Waals surface area contributed by atoms with Crippen LogP contribution in [0.4, 0.5) is 0 Å². The number of fused-ring (bicyclic) bond motifs is 1. The molecule has 1 N–H and O–H groups in total. The van der Waals surface area contributed by atoms with Crippen molar-refractivity contribution in [3.63, 3.8) is 0 Å². The van der Waals surface area contributed by atoms with Crippen molar-refractivity contribution in [2.75, 3.05) is 6.54 Å². The van der Waals surface area contributed by atoms with Crippen LogP contribution < -0.4 is 5.32 Å². The third-order valence-electron chi connectivity index (χ3n) is 5.25. The summed E-state index contributed by atoms with van der Waals surface area (Å²) in [5.74, 6) is 1.47. The molecule has 110 valence electrons. The average Bonchev–Trinajstić information content (AvgIpc) is 3.37. The highest BCUT2D eigenvalue weighted by Crippen LogP contribution is 2.40. The van der Waals surface area contributed by atoms with Crippen LogP contribution in [0.3, 0.4) is 0 Å². The molecule has 0 aliphatic heterocycles. The Bertz CT molecular complexity index is 612. The molecule has 0 amide bonds. The fraction of sp³-hybridized carbons (Fsp3) is 0.526. The summed E-state index contributed by atoms with van der Waals surface area (Å²) in [5.41, 5.74) is 1.48. The maximum atomic E-state index is 4.51. The first kappa shape index (κ1) is 13.3. The number of nitrogens with one attached hydrogen (secondary N) is 1. The van der Waals surface area contributed by atoms with Gasteiger partial charge in [0.1, 0.15) is 0 Å². The van der Waals surface area contributed by atoms with Gasteiger partial charge in [0.15, 0.2) is 0 Å². The van der Waals surface area contributed by atoms with Crippen molar-refractivity contribution in [1.82, 2.24) is 10.3 Å². The molecule has 2 aliphatic rings. The average molecular weight is 280 g/mol. The number of benzene rings is 1. The van der Waals surface area contributed by atoms with E-state index in [1.807, 2.05) is 6.20 Å². The number of hydrogen-bond acceptors (Lipinski definition) is 2. The van der Waals surface area contributed by atoms with Crippen LogP contribution in [0, 0.1) is 5.92 Å². The fourth-order valence-electron chi connectivity index (χ4n) is 3.90. The molecule has 0 bridgehead atoms. The van der Waals surface area contributed by atoms with Crippen molar-refractivity contribution in [3.05, 3.63) is 42.2 Å². The molecule has 21 heavy (non-hydrogen) atoms. The minimum absolute atomic E-state index is 0.684. The number of hydrogen-bond donors (Lipinski definition) is 1. The first-order chi connectivity index (χ1) is 10.4. The highest BCUT2D eigenvalue weighted by atomic mass is 14.9. The van der Waals surface area contributed by atoms with Gasteiger partial charge in [-0.1, -0.05) is 37.1 Å². The molecule has 0 spiro atoms. The van der Waals surface area contributed by atoms with E-state index in [0.717, 1.165) is 12.0 Å². The Balaban J connectivity index is 1.63. The van der Waals surface area contributed by atoms with Crippen LogP contribution in [0.5, 0.6) is 0 Å². The number of aromatic nitrogens is 1. The number of rotatable bonds is 4. The molecule has 1 heterocycles. The lowest BCUT2D eigenvalue weighted by molar-refractivity contribution is 0.296. The minimum atomic E-state index is 0.684. The summed E-state index contributed by atoms with van der Waals surface area (Å²) in [4.78, 5) is 4.51. The molecule has 2 saturated carbocycles.